The molecule has 0 radical (unpaired) electrons. The van der Waals surface area contributed by atoms with Crippen LogP contribution in [-0.2, 0) is 0 Å². The molecule has 0 saturated carbocycles. The van der Waals surface area contributed by atoms with Crippen LogP contribution < -0.4 is 5.73 Å². The third kappa shape index (κ3) is 0.958. The number of nitrogens with one attached hydrogen (secondary N) is 1. The first-order chi connectivity index (χ1) is 4.20. The third-order valence-corrected chi connectivity index (χ3v) is 0.771. The van der Waals surface area contributed by atoms with E-state index in [-0.39, 0.29) is 11.6 Å². The van der Waals surface area contributed by atoms with Crippen molar-refractivity contribution in [2.45, 2.75) is 0 Å². The molecule has 0 aliphatic rings. The van der Waals surface area contributed by atoms with E-state index in [2.05, 4.69) is 10.2 Å². The highest BCUT2D eigenvalue weighted by Gasteiger charge is 2.07. The molecule has 0 aliphatic heterocycles. The van der Waals surface area contributed by atoms with Gasteiger partial charge in [-0.15, -0.1) is 0 Å². The molecule has 9 heavy (non-hydrogen) atoms. The molecule has 0 aliphatic carbocycles. The maximum Gasteiger partial charge on any atom is 0.391 e. The minimum atomic E-state index is -0.618. The Hall–Kier alpha value is -1.59. The zero-order chi connectivity index (χ0) is 6.85. The fraction of sp³-hybridized carbons (Fsp3) is 0. The lowest BCUT2D eigenvalue weighted by molar-refractivity contribution is -0.389. The van der Waals surface area contributed by atoms with Gasteiger partial charge >= 0.3 is 5.82 Å². The van der Waals surface area contributed by atoms with Gasteiger partial charge in [-0.05, 0) is 4.92 Å². The van der Waals surface area contributed by atoms with Crippen molar-refractivity contribution < 1.29 is 4.92 Å². The second kappa shape index (κ2) is 1.73. The van der Waals surface area contributed by atoms with E-state index in [1.165, 1.54) is 0 Å². The van der Waals surface area contributed by atoms with Crippen LogP contribution >= 0.6 is 0 Å². The monoisotopic (exact) mass is 128 g/mol. The number of nitrogens with two attached hydrogens (primary N) is 1. The molecule has 0 bridgehead atoms. The SMILES string of the molecule is Nc1cc([N+](=O)[O-])n[nH]1. The van der Waals surface area contributed by atoms with Crippen molar-refractivity contribution in [1.29, 1.82) is 0 Å². The fourth-order valence-electron chi connectivity index (χ4n) is 0.419. The van der Waals surface area contributed by atoms with E-state index in [4.69, 9.17) is 5.73 Å². The number of hydrogen-bond acceptors (Lipinski definition) is 4. The molecule has 0 atom stereocenters. The van der Waals surface area contributed by atoms with Crippen LogP contribution in [0.3, 0.4) is 0 Å². The van der Waals surface area contributed by atoms with Gasteiger partial charge in [0, 0.05) is 0 Å². The van der Waals surface area contributed by atoms with Crippen molar-refractivity contribution in [3.8, 4) is 0 Å². The normalized spacial score (nSPS) is 9.33. The summed E-state index contributed by atoms with van der Waals surface area (Å²) in [6.45, 7) is 0. The summed E-state index contributed by atoms with van der Waals surface area (Å²) in [5, 5.41) is 15.4. The van der Waals surface area contributed by atoms with Crippen LogP contribution in [0, 0.1) is 10.1 Å². The quantitative estimate of drug-likeness (QED) is 0.407. The first-order valence-electron chi connectivity index (χ1n) is 2.15. The number of nitrogens with zero attached hydrogens (tertiary/aromatic N) is 2. The molecular formula is C3H4N4O2. The Kier molecular flexibility index (Phi) is 1.07. The van der Waals surface area contributed by atoms with Crippen LogP contribution in [0.1, 0.15) is 0 Å². The maximum absolute atomic E-state index is 9.88. The molecule has 1 rings (SSSR count). The van der Waals surface area contributed by atoms with Gasteiger partial charge < -0.3 is 15.8 Å². The molecule has 0 saturated heterocycles. The van der Waals surface area contributed by atoms with E-state index >= 15 is 0 Å². The minimum absolute atomic E-state index is 0.196. The summed E-state index contributed by atoms with van der Waals surface area (Å²) in [5.74, 6) is -0.0609. The van der Waals surface area contributed by atoms with E-state index in [1.807, 2.05) is 0 Å². The van der Waals surface area contributed by atoms with Gasteiger partial charge in [0.25, 0.3) is 0 Å². The third-order valence-electron chi connectivity index (χ3n) is 0.771. The fourth-order valence-corrected chi connectivity index (χ4v) is 0.419. The molecular weight excluding hydrogens is 124 g/mol. The van der Waals surface area contributed by atoms with Gasteiger partial charge in [-0.3, -0.25) is 0 Å². The smallest absolute Gasteiger partial charge is 0.382 e. The highest BCUT2D eigenvalue weighted by Crippen LogP contribution is 2.07. The summed E-state index contributed by atoms with van der Waals surface area (Å²) in [7, 11) is 0. The number of nitro groups is 1. The van der Waals surface area contributed by atoms with E-state index in [0.29, 0.717) is 0 Å². The van der Waals surface area contributed by atoms with Gasteiger partial charge in [-0.25, -0.2) is 0 Å². The van der Waals surface area contributed by atoms with Crippen LogP contribution in [-0.4, -0.2) is 15.1 Å². The molecule has 1 heterocycles. The average molecular weight is 128 g/mol. The Labute approximate surface area is 49.8 Å². The molecule has 6 nitrogen and oxygen atoms in total. The van der Waals surface area contributed by atoms with Gasteiger partial charge in [0.1, 0.15) is 5.82 Å². The summed E-state index contributed by atoms with van der Waals surface area (Å²) >= 11 is 0. The summed E-state index contributed by atoms with van der Waals surface area (Å²) in [6, 6.07) is 1.15. The lowest BCUT2D eigenvalue weighted by atomic mass is 10.6. The van der Waals surface area contributed by atoms with E-state index in [0.717, 1.165) is 6.07 Å². The summed E-state index contributed by atoms with van der Waals surface area (Å²) in [4.78, 5) is 9.26. The van der Waals surface area contributed by atoms with E-state index in [9.17, 15) is 10.1 Å². The second-order valence-electron chi connectivity index (χ2n) is 1.44. The van der Waals surface area contributed by atoms with Crippen molar-refractivity contribution >= 4 is 11.6 Å². The van der Waals surface area contributed by atoms with Crippen molar-refractivity contribution in [2.75, 3.05) is 5.73 Å². The Morgan fingerprint density at radius 1 is 1.89 bits per heavy atom. The van der Waals surface area contributed by atoms with Gasteiger partial charge in [-0.1, -0.05) is 0 Å². The van der Waals surface area contributed by atoms with Crippen molar-refractivity contribution in [3.05, 3.63) is 16.2 Å². The predicted molar refractivity (Wildman–Crippen MR) is 29.7 cm³/mol. The van der Waals surface area contributed by atoms with Crippen molar-refractivity contribution in [2.24, 2.45) is 0 Å². The Morgan fingerprint density at radius 3 is 2.78 bits per heavy atom. The molecule has 3 N–H and O–H groups in total. The van der Waals surface area contributed by atoms with E-state index < -0.39 is 4.92 Å². The van der Waals surface area contributed by atoms with Crippen LogP contribution in [0.25, 0.3) is 0 Å². The topological polar surface area (TPSA) is 97.8 Å². The molecule has 0 amide bonds. The summed E-state index contributed by atoms with van der Waals surface area (Å²) < 4.78 is 0. The van der Waals surface area contributed by atoms with E-state index in [1.54, 1.807) is 0 Å². The molecule has 48 valence electrons. The van der Waals surface area contributed by atoms with Crippen LogP contribution in [0.5, 0.6) is 0 Å². The molecule has 0 unspecified atom stereocenters. The first-order valence-corrected chi connectivity index (χ1v) is 2.15. The molecule has 0 fully saturated rings. The van der Waals surface area contributed by atoms with Gasteiger partial charge in [0.2, 0.25) is 0 Å². The van der Waals surface area contributed by atoms with Crippen LogP contribution in [0.2, 0.25) is 0 Å². The first kappa shape index (κ1) is 5.54. The lowest BCUT2D eigenvalue weighted by Gasteiger charge is -1.80. The number of aromatic amines is 1. The van der Waals surface area contributed by atoms with Crippen molar-refractivity contribution in [1.82, 2.24) is 10.2 Å². The Balaban J connectivity index is 2.98. The number of anilines is 1. The molecule has 1 aromatic heterocycles. The van der Waals surface area contributed by atoms with Crippen molar-refractivity contribution in [3.63, 3.8) is 0 Å². The average Bonchev–Trinajstić information content (AvgIpc) is 2.14. The van der Waals surface area contributed by atoms with Crippen LogP contribution in [0.15, 0.2) is 6.07 Å². The number of rotatable bonds is 1. The number of aromatic nitrogens is 2. The van der Waals surface area contributed by atoms with Gasteiger partial charge in [0.15, 0.2) is 0 Å². The van der Waals surface area contributed by atoms with Gasteiger partial charge in [0.05, 0.1) is 11.2 Å². The molecule has 0 aromatic carbocycles. The zero-order valence-electron chi connectivity index (χ0n) is 4.37. The highest BCUT2D eigenvalue weighted by molar-refractivity contribution is 5.35. The van der Waals surface area contributed by atoms with Crippen LogP contribution in [0.4, 0.5) is 11.6 Å². The lowest BCUT2D eigenvalue weighted by Crippen LogP contribution is -1.86. The number of H-pyrrole nitrogens is 1. The predicted octanol–water partition coefficient (Wildman–Crippen LogP) is -0.0999. The second-order valence-corrected chi connectivity index (χ2v) is 1.44. The molecule has 1 aromatic rings. The minimum Gasteiger partial charge on any atom is -0.382 e. The Bertz CT molecular complexity index is 229. The number of hydrogen-bond donors (Lipinski definition) is 2. The largest absolute Gasteiger partial charge is 0.391 e. The Morgan fingerprint density at radius 2 is 2.56 bits per heavy atom. The van der Waals surface area contributed by atoms with Gasteiger partial charge in [-0.2, -0.15) is 5.10 Å². The molecule has 0 spiro atoms. The number of nitrogen functional groups attached to an aromatic ring is 1. The molecule has 6 heteroatoms. The summed E-state index contributed by atoms with van der Waals surface area (Å²) in [6.07, 6.45) is 0. The zero-order valence-corrected chi connectivity index (χ0v) is 4.37. The highest BCUT2D eigenvalue weighted by atomic mass is 16.6. The summed E-state index contributed by atoms with van der Waals surface area (Å²) in [5.41, 5.74) is 5.09. The maximum atomic E-state index is 9.88. The standard InChI is InChI=1S/C3H4N4O2/c4-2-1-3(6-5-2)7(8)9/h1H,(H3,4,5,6).